The Morgan fingerprint density at radius 3 is 2.95 bits per heavy atom. The fourth-order valence-corrected chi connectivity index (χ4v) is 2.74. The molecule has 1 amide bonds. The van der Waals surface area contributed by atoms with Gasteiger partial charge in [0.25, 0.3) is 5.56 Å². The minimum atomic E-state index is -0.128. The molecule has 1 N–H and O–H groups in total. The Kier molecular flexibility index (Phi) is 4.00. The van der Waals surface area contributed by atoms with Gasteiger partial charge in [0, 0.05) is 38.0 Å². The Balaban J connectivity index is 1.65. The molecule has 2 aromatic rings. The molecule has 3 rings (SSSR count). The van der Waals surface area contributed by atoms with E-state index in [-0.39, 0.29) is 17.4 Å². The highest BCUT2D eigenvalue weighted by atomic mass is 16.2. The number of amides is 1. The van der Waals surface area contributed by atoms with E-state index >= 15 is 0 Å². The average Bonchev–Trinajstić information content (AvgIpc) is 2.54. The molecule has 0 aromatic carbocycles. The number of fused-ring (bicyclic) bond motifs is 1. The summed E-state index contributed by atoms with van der Waals surface area (Å²) < 4.78 is 1.35. The second kappa shape index (κ2) is 6.09. The number of hydrogen-bond donors (Lipinski definition) is 1. The van der Waals surface area contributed by atoms with Crippen LogP contribution in [0.5, 0.6) is 0 Å². The summed E-state index contributed by atoms with van der Waals surface area (Å²) in [5, 5.41) is 7.22. The van der Waals surface area contributed by atoms with Gasteiger partial charge in [0.2, 0.25) is 5.91 Å². The van der Waals surface area contributed by atoms with Gasteiger partial charge in [0.15, 0.2) is 0 Å². The molecule has 1 aliphatic carbocycles. The number of pyridine rings is 1. The summed E-state index contributed by atoms with van der Waals surface area (Å²) in [7, 11) is 1.65. The highest BCUT2D eigenvalue weighted by Crippen LogP contribution is 2.23. The Bertz CT molecular complexity index is 740. The molecule has 6 nitrogen and oxygen atoms in total. The average molecular weight is 298 g/mol. The van der Waals surface area contributed by atoms with Crippen LogP contribution in [0.3, 0.4) is 0 Å². The lowest BCUT2D eigenvalue weighted by Crippen LogP contribution is -2.35. The minimum absolute atomic E-state index is 0.0307. The lowest BCUT2D eigenvalue weighted by Gasteiger charge is -2.23. The topological polar surface area (TPSA) is 76.9 Å². The van der Waals surface area contributed by atoms with Gasteiger partial charge in [0.05, 0.1) is 5.69 Å². The molecular weight excluding hydrogens is 280 g/mol. The highest BCUT2D eigenvalue weighted by molar-refractivity contribution is 5.79. The zero-order chi connectivity index (χ0) is 15.5. The van der Waals surface area contributed by atoms with Gasteiger partial charge < -0.3 is 5.32 Å². The van der Waals surface area contributed by atoms with Crippen LogP contribution in [0, 0.1) is 5.92 Å². The van der Waals surface area contributed by atoms with Crippen LogP contribution in [0.4, 0.5) is 0 Å². The smallest absolute Gasteiger partial charge is 0.266 e. The first-order chi connectivity index (χ1) is 10.6. The van der Waals surface area contributed by atoms with Crippen LogP contribution in [0.2, 0.25) is 0 Å². The molecular formula is C16H18N4O2. The van der Waals surface area contributed by atoms with Crippen LogP contribution in [-0.2, 0) is 31.2 Å². The van der Waals surface area contributed by atoms with Crippen molar-refractivity contribution in [1.29, 1.82) is 0 Å². The molecule has 22 heavy (non-hydrogen) atoms. The lowest BCUT2D eigenvalue weighted by atomic mass is 9.86. The number of rotatable bonds is 3. The van der Waals surface area contributed by atoms with Crippen molar-refractivity contribution in [3.05, 3.63) is 57.8 Å². The molecule has 6 heteroatoms. The summed E-state index contributed by atoms with van der Waals surface area (Å²) in [4.78, 5) is 27.9. The Hall–Kier alpha value is -2.50. The summed E-state index contributed by atoms with van der Waals surface area (Å²) in [6.07, 6.45) is 5.50. The van der Waals surface area contributed by atoms with Crippen LogP contribution < -0.4 is 10.9 Å². The van der Waals surface area contributed by atoms with Crippen molar-refractivity contribution in [2.45, 2.75) is 25.8 Å². The monoisotopic (exact) mass is 298 g/mol. The molecule has 0 bridgehead atoms. The summed E-state index contributed by atoms with van der Waals surface area (Å²) in [6, 6.07) is 5.36. The maximum atomic E-state index is 12.3. The molecule has 1 atom stereocenters. The van der Waals surface area contributed by atoms with Crippen LogP contribution in [0.1, 0.15) is 23.2 Å². The van der Waals surface area contributed by atoms with Gasteiger partial charge in [0.1, 0.15) is 0 Å². The second-order valence-electron chi connectivity index (χ2n) is 5.59. The Morgan fingerprint density at radius 2 is 2.18 bits per heavy atom. The SMILES string of the molecule is Cn1nc2c(cc1=O)C[C@@H](C(=O)NCc1ccncc1)CC2. The van der Waals surface area contributed by atoms with E-state index in [4.69, 9.17) is 0 Å². The van der Waals surface area contributed by atoms with E-state index in [0.29, 0.717) is 13.0 Å². The molecule has 0 spiro atoms. The predicted octanol–water partition coefficient (Wildman–Crippen LogP) is 0.597. The van der Waals surface area contributed by atoms with E-state index in [0.717, 1.165) is 29.7 Å². The normalized spacial score (nSPS) is 16.9. The number of aromatic nitrogens is 3. The van der Waals surface area contributed by atoms with Gasteiger partial charge in [-0.3, -0.25) is 14.6 Å². The third-order valence-corrected chi connectivity index (χ3v) is 4.04. The standard InChI is InChI=1S/C16H18N4O2/c1-20-15(21)9-13-8-12(2-3-14(13)19-20)16(22)18-10-11-4-6-17-7-5-11/h4-7,9,12H,2-3,8,10H2,1H3,(H,18,22)/t12-/m0/s1. The van der Waals surface area contributed by atoms with E-state index in [1.54, 1.807) is 25.5 Å². The first kappa shape index (κ1) is 14.4. The molecule has 1 aliphatic rings. The Labute approximate surface area is 128 Å². The number of nitrogens with one attached hydrogen (secondary N) is 1. The van der Waals surface area contributed by atoms with E-state index in [1.165, 1.54) is 4.68 Å². The first-order valence-electron chi connectivity index (χ1n) is 7.36. The van der Waals surface area contributed by atoms with Crippen LogP contribution in [-0.4, -0.2) is 20.7 Å². The molecule has 0 radical (unpaired) electrons. The number of hydrogen-bond acceptors (Lipinski definition) is 4. The van der Waals surface area contributed by atoms with Crippen LogP contribution >= 0.6 is 0 Å². The number of carbonyl (C=O) groups excluding carboxylic acids is 1. The second-order valence-corrected chi connectivity index (χ2v) is 5.59. The zero-order valence-electron chi connectivity index (χ0n) is 12.5. The maximum Gasteiger partial charge on any atom is 0.266 e. The molecule has 2 aromatic heterocycles. The lowest BCUT2D eigenvalue weighted by molar-refractivity contribution is -0.125. The van der Waals surface area contributed by atoms with Gasteiger partial charge in [-0.05, 0) is 42.5 Å². The third kappa shape index (κ3) is 3.05. The maximum absolute atomic E-state index is 12.3. The van der Waals surface area contributed by atoms with E-state index in [1.807, 2.05) is 12.1 Å². The minimum Gasteiger partial charge on any atom is -0.352 e. The molecule has 0 saturated heterocycles. The van der Waals surface area contributed by atoms with Crippen molar-refractivity contribution < 1.29 is 4.79 Å². The molecule has 114 valence electrons. The van der Waals surface area contributed by atoms with Crippen molar-refractivity contribution in [2.24, 2.45) is 13.0 Å². The molecule has 0 fully saturated rings. The van der Waals surface area contributed by atoms with Gasteiger partial charge in [-0.1, -0.05) is 0 Å². The van der Waals surface area contributed by atoms with Crippen molar-refractivity contribution in [3.8, 4) is 0 Å². The van der Waals surface area contributed by atoms with E-state index in [2.05, 4.69) is 15.4 Å². The van der Waals surface area contributed by atoms with Crippen molar-refractivity contribution in [2.75, 3.05) is 0 Å². The Morgan fingerprint density at radius 1 is 1.41 bits per heavy atom. The zero-order valence-corrected chi connectivity index (χ0v) is 12.5. The molecule has 0 unspecified atom stereocenters. The predicted molar refractivity (Wildman–Crippen MR) is 81.1 cm³/mol. The summed E-state index contributed by atoms with van der Waals surface area (Å²) in [5.74, 6) is -0.0635. The summed E-state index contributed by atoms with van der Waals surface area (Å²) in [6.45, 7) is 0.500. The quantitative estimate of drug-likeness (QED) is 0.900. The number of carbonyl (C=O) groups is 1. The summed E-state index contributed by atoms with van der Waals surface area (Å²) >= 11 is 0. The third-order valence-electron chi connectivity index (χ3n) is 4.04. The fraction of sp³-hybridized carbons (Fsp3) is 0.375. The van der Waals surface area contributed by atoms with E-state index in [9.17, 15) is 9.59 Å². The van der Waals surface area contributed by atoms with Gasteiger partial charge in [-0.15, -0.1) is 0 Å². The van der Waals surface area contributed by atoms with Crippen LogP contribution in [0.25, 0.3) is 0 Å². The van der Waals surface area contributed by atoms with Crippen molar-refractivity contribution in [3.63, 3.8) is 0 Å². The van der Waals surface area contributed by atoms with Crippen molar-refractivity contribution in [1.82, 2.24) is 20.1 Å². The largest absolute Gasteiger partial charge is 0.352 e. The van der Waals surface area contributed by atoms with Gasteiger partial charge in [-0.2, -0.15) is 5.10 Å². The molecule has 0 aliphatic heterocycles. The van der Waals surface area contributed by atoms with Crippen molar-refractivity contribution >= 4 is 5.91 Å². The van der Waals surface area contributed by atoms with Gasteiger partial charge in [-0.25, -0.2) is 4.68 Å². The van der Waals surface area contributed by atoms with Crippen LogP contribution in [0.15, 0.2) is 35.4 Å². The molecule has 0 saturated carbocycles. The van der Waals surface area contributed by atoms with Gasteiger partial charge >= 0.3 is 0 Å². The highest BCUT2D eigenvalue weighted by Gasteiger charge is 2.26. The molecule has 2 heterocycles. The first-order valence-corrected chi connectivity index (χ1v) is 7.36. The number of nitrogens with zero attached hydrogens (tertiary/aromatic N) is 3. The summed E-state index contributed by atoms with van der Waals surface area (Å²) in [5.41, 5.74) is 2.73. The number of aryl methyl sites for hydroxylation is 2. The van der Waals surface area contributed by atoms with E-state index < -0.39 is 0 Å². The fourth-order valence-electron chi connectivity index (χ4n) is 2.74.